The van der Waals surface area contributed by atoms with E-state index in [9.17, 15) is 18.0 Å². The molecule has 0 atom stereocenters. The lowest BCUT2D eigenvalue weighted by Crippen LogP contribution is -2.35. The number of carbonyl (C=O) groups excluding carboxylic acids is 2. The number of ether oxygens (including phenoxy) is 1. The molecule has 3 aromatic rings. The number of esters is 1. The lowest BCUT2D eigenvalue weighted by atomic mass is 10.0. The van der Waals surface area contributed by atoms with Crippen molar-refractivity contribution < 1.29 is 22.7 Å². The zero-order valence-electron chi connectivity index (χ0n) is 17.4. The normalized spacial score (nSPS) is 13.2. The van der Waals surface area contributed by atoms with E-state index in [1.54, 1.807) is 60.7 Å². The highest BCUT2D eigenvalue weighted by Crippen LogP contribution is 2.34. The molecule has 32 heavy (non-hydrogen) atoms. The Morgan fingerprint density at radius 1 is 0.969 bits per heavy atom. The molecule has 4 rings (SSSR count). The number of aryl methyl sites for hydroxylation is 1. The summed E-state index contributed by atoms with van der Waals surface area (Å²) in [6.45, 7) is 1.62. The average Bonchev–Trinajstić information content (AvgIpc) is 2.79. The van der Waals surface area contributed by atoms with Gasteiger partial charge in [-0.3, -0.25) is 13.9 Å². The summed E-state index contributed by atoms with van der Waals surface area (Å²) in [5.74, 6) is -0.834. The molecule has 0 fully saturated rings. The van der Waals surface area contributed by atoms with Crippen LogP contribution in [0.2, 0.25) is 0 Å². The van der Waals surface area contributed by atoms with Crippen LogP contribution in [0.5, 0.6) is 5.75 Å². The van der Waals surface area contributed by atoms with Crippen LogP contribution in [0.1, 0.15) is 29.3 Å². The number of nitrogens with zero attached hydrogens (tertiary/aromatic N) is 1. The Hall–Kier alpha value is -3.65. The number of sulfonamides is 1. The lowest BCUT2D eigenvalue weighted by Gasteiger charge is -2.31. The molecule has 1 N–H and O–H groups in total. The van der Waals surface area contributed by atoms with Crippen molar-refractivity contribution in [2.24, 2.45) is 0 Å². The third-order valence-corrected chi connectivity index (χ3v) is 6.96. The SMILES string of the molecule is CC(=O)Oc1ccccc1C(=O)Nc1ccc2c(c1)N(S(=O)(=O)c1ccccc1)CCC2. The van der Waals surface area contributed by atoms with Gasteiger partial charge in [0.25, 0.3) is 15.9 Å². The summed E-state index contributed by atoms with van der Waals surface area (Å²) in [5.41, 5.74) is 2.09. The molecule has 1 amide bonds. The zero-order valence-corrected chi connectivity index (χ0v) is 18.3. The minimum atomic E-state index is -3.73. The molecule has 3 aromatic carbocycles. The summed E-state index contributed by atoms with van der Waals surface area (Å²) >= 11 is 0. The van der Waals surface area contributed by atoms with E-state index in [0.29, 0.717) is 24.3 Å². The number of benzene rings is 3. The maximum Gasteiger partial charge on any atom is 0.308 e. The third kappa shape index (κ3) is 4.36. The van der Waals surface area contributed by atoms with Crippen LogP contribution in [-0.4, -0.2) is 26.8 Å². The van der Waals surface area contributed by atoms with E-state index in [1.807, 2.05) is 6.07 Å². The van der Waals surface area contributed by atoms with Crippen molar-refractivity contribution >= 4 is 33.3 Å². The van der Waals surface area contributed by atoms with Gasteiger partial charge in [-0.05, 0) is 54.8 Å². The highest BCUT2D eigenvalue weighted by molar-refractivity contribution is 7.92. The molecule has 1 heterocycles. The van der Waals surface area contributed by atoms with Crippen LogP contribution in [-0.2, 0) is 21.2 Å². The van der Waals surface area contributed by atoms with Gasteiger partial charge in [-0.25, -0.2) is 8.42 Å². The molecule has 0 radical (unpaired) electrons. The fourth-order valence-corrected chi connectivity index (χ4v) is 5.24. The van der Waals surface area contributed by atoms with Gasteiger partial charge in [-0.15, -0.1) is 0 Å². The monoisotopic (exact) mass is 450 g/mol. The number of nitrogens with one attached hydrogen (secondary N) is 1. The van der Waals surface area contributed by atoms with Gasteiger partial charge in [-0.2, -0.15) is 0 Å². The Morgan fingerprint density at radius 2 is 1.69 bits per heavy atom. The smallest absolute Gasteiger partial charge is 0.308 e. The molecule has 0 spiro atoms. The third-order valence-electron chi connectivity index (χ3n) is 5.14. The van der Waals surface area contributed by atoms with E-state index in [2.05, 4.69) is 5.32 Å². The van der Waals surface area contributed by atoms with E-state index in [0.717, 1.165) is 12.0 Å². The van der Waals surface area contributed by atoms with Gasteiger partial charge in [-0.1, -0.05) is 36.4 Å². The standard InChI is InChI=1S/C24H22N2O5S/c1-17(27)31-23-12-6-5-11-21(23)24(28)25-19-14-13-18-8-7-15-26(22(18)16-19)32(29,30)20-9-3-2-4-10-20/h2-6,9-14,16H,7-8,15H2,1H3,(H,25,28). The molecule has 0 saturated carbocycles. The Morgan fingerprint density at radius 3 is 2.44 bits per heavy atom. The molecular weight excluding hydrogens is 428 g/mol. The predicted octanol–water partition coefficient (Wildman–Crippen LogP) is 4.01. The van der Waals surface area contributed by atoms with E-state index in [-0.39, 0.29) is 16.2 Å². The summed E-state index contributed by atoms with van der Waals surface area (Å²) < 4.78 is 33.0. The van der Waals surface area contributed by atoms with Crippen LogP contribution >= 0.6 is 0 Å². The maximum absolute atomic E-state index is 13.2. The molecular formula is C24H22N2O5S. The van der Waals surface area contributed by atoms with Crippen LogP contribution in [0, 0.1) is 0 Å². The fraction of sp³-hybridized carbons (Fsp3) is 0.167. The van der Waals surface area contributed by atoms with Crippen LogP contribution in [0.4, 0.5) is 11.4 Å². The summed E-state index contributed by atoms with van der Waals surface area (Å²) in [6.07, 6.45) is 1.46. The molecule has 1 aliphatic heterocycles. The van der Waals surface area contributed by atoms with Crippen molar-refractivity contribution in [3.05, 3.63) is 83.9 Å². The number of rotatable bonds is 5. The second-order valence-electron chi connectivity index (χ2n) is 7.38. The second kappa shape index (κ2) is 8.84. The first kappa shape index (κ1) is 21.6. The highest BCUT2D eigenvalue weighted by Gasteiger charge is 2.29. The van der Waals surface area contributed by atoms with E-state index >= 15 is 0 Å². The number of carbonyl (C=O) groups is 2. The first-order valence-electron chi connectivity index (χ1n) is 10.2. The molecule has 1 aliphatic rings. The second-order valence-corrected chi connectivity index (χ2v) is 9.24. The van der Waals surface area contributed by atoms with Crippen LogP contribution in [0.15, 0.2) is 77.7 Å². The lowest BCUT2D eigenvalue weighted by molar-refractivity contribution is -0.131. The number of anilines is 2. The van der Waals surface area contributed by atoms with Gasteiger partial charge in [0.1, 0.15) is 5.75 Å². The zero-order chi connectivity index (χ0) is 22.7. The van der Waals surface area contributed by atoms with Crippen molar-refractivity contribution in [1.82, 2.24) is 0 Å². The Labute approximate surface area is 186 Å². The largest absolute Gasteiger partial charge is 0.426 e. The first-order valence-corrected chi connectivity index (χ1v) is 11.6. The Balaban J connectivity index is 1.65. The number of fused-ring (bicyclic) bond motifs is 1. The summed E-state index contributed by atoms with van der Waals surface area (Å²) in [7, 11) is -3.73. The van der Waals surface area contributed by atoms with Crippen molar-refractivity contribution in [1.29, 1.82) is 0 Å². The fourth-order valence-electron chi connectivity index (χ4n) is 3.68. The summed E-state index contributed by atoms with van der Waals surface area (Å²) in [6, 6.07) is 20.0. The molecule has 0 aliphatic carbocycles. The molecule has 0 aromatic heterocycles. The van der Waals surface area contributed by atoms with Crippen LogP contribution < -0.4 is 14.4 Å². The number of amides is 1. The van der Waals surface area contributed by atoms with Gasteiger partial charge < -0.3 is 10.1 Å². The minimum Gasteiger partial charge on any atom is -0.426 e. The number of para-hydroxylation sites is 1. The van der Waals surface area contributed by atoms with Gasteiger partial charge in [0, 0.05) is 19.2 Å². The minimum absolute atomic E-state index is 0.156. The molecule has 7 nitrogen and oxygen atoms in total. The first-order chi connectivity index (χ1) is 15.4. The summed E-state index contributed by atoms with van der Waals surface area (Å²) in [5, 5.41) is 2.78. The summed E-state index contributed by atoms with van der Waals surface area (Å²) in [4.78, 5) is 24.4. The molecule has 8 heteroatoms. The van der Waals surface area contributed by atoms with Gasteiger partial charge in [0.2, 0.25) is 0 Å². The van der Waals surface area contributed by atoms with Crippen molar-refractivity contribution in [2.45, 2.75) is 24.7 Å². The predicted molar refractivity (Wildman–Crippen MR) is 121 cm³/mol. The van der Waals surface area contributed by atoms with Crippen molar-refractivity contribution in [3.8, 4) is 5.75 Å². The molecule has 0 unspecified atom stereocenters. The Kier molecular flexibility index (Phi) is 5.96. The Bertz CT molecular complexity index is 1270. The van der Waals surface area contributed by atoms with Gasteiger partial charge in [0.15, 0.2) is 0 Å². The highest BCUT2D eigenvalue weighted by atomic mass is 32.2. The number of hydrogen-bond acceptors (Lipinski definition) is 5. The maximum atomic E-state index is 13.2. The van der Waals surface area contributed by atoms with Crippen molar-refractivity contribution in [3.63, 3.8) is 0 Å². The molecule has 0 bridgehead atoms. The quantitative estimate of drug-likeness (QED) is 0.468. The number of hydrogen-bond donors (Lipinski definition) is 1. The topological polar surface area (TPSA) is 92.8 Å². The molecule has 164 valence electrons. The van der Waals surface area contributed by atoms with Crippen LogP contribution in [0.25, 0.3) is 0 Å². The van der Waals surface area contributed by atoms with Crippen LogP contribution in [0.3, 0.4) is 0 Å². The van der Waals surface area contributed by atoms with E-state index < -0.39 is 21.9 Å². The van der Waals surface area contributed by atoms with E-state index in [1.165, 1.54) is 17.3 Å². The van der Waals surface area contributed by atoms with Gasteiger partial charge >= 0.3 is 5.97 Å². The van der Waals surface area contributed by atoms with Crippen molar-refractivity contribution in [2.75, 3.05) is 16.2 Å². The molecule has 0 saturated heterocycles. The van der Waals surface area contributed by atoms with Gasteiger partial charge in [0.05, 0.1) is 16.1 Å². The van der Waals surface area contributed by atoms with E-state index in [4.69, 9.17) is 4.74 Å². The average molecular weight is 451 g/mol.